The third-order valence-electron chi connectivity index (χ3n) is 2.57. The van der Waals surface area contributed by atoms with E-state index in [4.69, 9.17) is 47.0 Å². The largest absolute Gasteiger partial charge is 0.332 e. The Morgan fingerprint density at radius 1 is 1.05 bits per heavy atom. The van der Waals surface area contributed by atoms with Gasteiger partial charge < -0.3 is 10.6 Å². The summed E-state index contributed by atoms with van der Waals surface area (Å²) in [5.41, 5.74) is 0.905. The number of halogens is 3. The summed E-state index contributed by atoms with van der Waals surface area (Å²) in [6, 6.07) is 8.98. The molecule has 0 atom stereocenters. The van der Waals surface area contributed by atoms with Crippen LogP contribution >= 0.6 is 47.0 Å². The van der Waals surface area contributed by atoms with Crippen LogP contribution in [0.3, 0.4) is 0 Å². The van der Waals surface area contributed by atoms with Crippen LogP contribution in [0.15, 0.2) is 36.4 Å². The second-order valence-corrected chi connectivity index (χ2v) is 5.76. The van der Waals surface area contributed by atoms with Gasteiger partial charge in [-0.15, -0.1) is 0 Å². The Labute approximate surface area is 146 Å². The van der Waals surface area contributed by atoms with Crippen LogP contribution in [0.4, 0.5) is 17.1 Å². The molecule has 0 aromatic heterocycles. The fraction of sp³-hybridized carbons (Fsp3) is 0. The van der Waals surface area contributed by atoms with E-state index in [0.29, 0.717) is 26.4 Å². The van der Waals surface area contributed by atoms with Gasteiger partial charge in [0.05, 0.1) is 25.7 Å². The second-order valence-electron chi connectivity index (χ2n) is 4.13. The van der Waals surface area contributed by atoms with E-state index in [1.54, 1.807) is 12.1 Å². The van der Waals surface area contributed by atoms with Gasteiger partial charge >= 0.3 is 0 Å². The van der Waals surface area contributed by atoms with Crippen LogP contribution in [0.25, 0.3) is 0 Å². The molecule has 2 aromatic rings. The first-order valence-corrected chi connectivity index (χ1v) is 7.38. The van der Waals surface area contributed by atoms with Gasteiger partial charge in [0, 0.05) is 17.8 Å². The van der Waals surface area contributed by atoms with Gasteiger partial charge in [0.1, 0.15) is 0 Å². The van der Waals surface area contributed by atoms with Gasteiger partial charge in [-0.05, 0) is 30.4 Å². The van der Waals surface area contributed by atoms with E-state index in [9.17, 15) is 10.1 Å². The van der Waals surface area contributed by atoms with E-state index < -0.39 is 4.92 Å². The molecule has 0 unspecified atom stereocenters. The first-order valence-electron chi connectivity index (χ1n) is 5.84. The zero-order valence-corrected chi connectivity index (χ0v) is 13.9. The van der Waals surface area contributed by atoms with Gasteiger partial charge in [-0.2, -0.15) is 0 Å². The average molecular weight is 377 g/mol. The zero-order valence-electron chi connectivity index (χ0n) is 10.8. The molecule has 9 heteroatoms. The van der Waals surface area contributed by atoms with E-state index in [0.717, 1.165) is 0 Å². The maximum absolute atomic E-state index is 10.7. The highest BCUT2D eigenvalue weighted by atomic mass is 35.5. The van der Waals surface area contributed by atoms with Crippen molar-refractivity contribution < 1.29 is 4.92 Å². The molecule has 114 valence electrons. The normalized spacial score (nSPS) is 10.1. The van der Waals surface area contributed by atoms with Crippen LogP contribution in [0.1, 0.15) is 0 Å². The number of anilines is 2. The lowest BCUT2D eigenvalue weighted by molar-refractivity contribution is -0.384. The Kier molecular flexibility index (Phi) is 5.42. The smallest absolute Gasteiger partial charge is 0.271 e. The summed E-state index contributed by atoms with van der Waals surface area (Å²) >= 11 is 22.9. The molecule has 2 N–H and O–H groups in total. The summed E-state index contributed by atoms with van der Waals surface area (Å²) in [5.74, 6) is 0. The van der Waals surface area contributed by atoms with E-state index in [2.05, 4.69) is 10.6 Å². The Balaban J connectivity index is 2.12. The molecular weight excluding hydrogens is 369 g/mol. The number of nitrogens with zero attached hydrogens (tertiary/aromatic N) is 1. The first kappa shape index (κ1) is 16.8. The van der Waals surface area contributed by atoms with Gasteiger partial charge in [0.2, 0.25) is 0 Å². The van der Waals surface area contributed by atoms with E-state index in [-0.39, 0.29) is 10.8 Å². The molecule has 0 aliphatic carbocycles. The molecule has 0 saturated heterocycles. The number of nitrogens with one attached hydrogen (secondary N) is 2. The van der Waals surface area contributed by atoms with Gasteiger partial charge in [-0.25, -0.2) is 0 Å². The Hall–Kier alpha value is -1.60. The van der Waals surface area contributed by atoms with E-state index in [1.165, 1.54) is 24.3 Å². The number of nitro groups is 1. The molecule has 0 bridgehead atoms. The maximum atomic E-state index is 10.7. The van der Waals surface area contributed by atoms with Crippen molar-refractivity contribution in [2.45, 2.75) is 0 Å². The molecule has 22 heavy (non-hydrogen) atoms. The quantitative estimate of drug-likeness (QED) is 0.326. The van der Waals surface area contributed by atoms with Crippen molar-refractivity contribution in [3.05, 3.63) is 61.6 Å². The lowest BCUT2D eigenvalue weighted by Crippen LogP contribution is -2.19. The summed E-state index contributed by atoms with van der Waals surface area (Å²) in [5, 5.41) is 17.6. The van der Waals surface area contributed by atoms with Crippen molar-refractivity contribution in [3.8, 4) is 0 Å². The van der Waals surface area contributed by atoms with Gasteiger partial charge in [-0.3, -0.25) is 10.1 Å². The molecule has 2 aromatic carbocycles. The topological polar surface area (TPSA) is 67.2 Å². The first-order chi connectivity index (χ1) is 10.4. The summed E-state index contributed by atoms with van der Waals surface area (Å²) in [6.07, 6.45) is 0. The van der Waals surface area contributed by atoms with Crippen molar-refractivity contribution in [2.75, 3.05) is 10.6 Å². The van der Waals surface area contributed by atoms with Crippen LogP contribution in [-0.4, -0.2) is 10.0 Å². The molecule has 0 aliphatic rings. The molecular formula is C13H8Cl3N3O2S. The third-order valence-corrected chi connectivity index (χ3v) is 3.81. The molecule has 0 spiro atoms. The van der Waals surface area contributed by atoms with Crippen molar-refractivity contribution in [2.24, 2.45) is 0 Å². The summed E-state index contributed by atoms with van der Waals surface area (Å²) in [4.78, 5) is 10.2. The number of hydrogen-bond acceptors (Lipinski definition) is 3. The molecule has 2 rings (SSSR count). The molecule has 0 radical (unpaired) electrons. The van der Waals surface area contributed by atoms with Crippen molar-refractivity contribution in [3.63, 3.8) is 0 Å². The average Bonchev–Trinajstić information content (AvgIpc) is 2.45. The number of non-ortho nitro benzene ring substituents is 1. The third kappa shape index (κ3) is 4.20. The molecule has 0 aliphatic heterocycles. The van der Waals surface area contributed by atoms with E-state index >= 15 is 0 Å². The van der Waals surface area contributed by atoms with Crippen molar-refractivity contribution >= 4 is 69.2 Å². The fourth-order valence-corrected chi connectivity index (χ4v) is 2.42. The highest BCUT2D eigenvalue weighted by molar-refractivity contribution is 7.80. The second kappa shape index (κ2) is 7.11. The Morgan fingerprint density at radius 3 is 2.41 bits per heavy atom. The molecule has 0 amide bonds. The molecule has 0 heterocycles. The van der Waals surface area contributed by atoms with Crippen LogP contribution < -0.4 is 10.6 Å². The van der Waals surface area contributed by atoms with E-state index in [1.807, 2.05) is 0 Å². The van der Waals surface area contributed by atoms with Gasteiger partial charge in [-0.1, -0.05) is 40.9 Å². The van der Waals surface area contributed by atoms with Crippen molar-refractivity contribution in [1.82, 2.24) is 0 Å². The number of thiocarbonyl (C=S) groups is 1. The lowest BCUT2D eigenvalue weighted by atomic mass is 10.3. The minimum atomic E-state index is -0.489. The lowest BCUT2D eigenvalue weighted by Gasteiger charge is -2.12. The monoisotopic (exact) mass is 375 g/mol. The number of benzene rings is 2. The van der Waals surface area contributed by atoms with Crippen molar-refractivity contribution in [1.29, 1.82) is 0 Å². The maximum Gasteiger partial charge on any atom is 0.271 e. The Bertz CT molecular complexity index is 755. The molecule has 0 fully saturated rings. The van der Waals surface area contributed by atoms with Crippen LogP contribution in [-0.2, 0) is 0 Å². The predicted molar refractivity (Wildman–Crippen MR) is 94.4 cm³/mol. The fourth-order valence-electron chi connectivity index (χ4n) is 1.60. The minimum absolute atomic E-state index is 0.0413. The zero-order chi connectivity index (χ0) is 16.3. The highest BCUT2D eigenvalue weighted by Gasteiger charge is 2.09. The summed E-state index contributed by atoms with van der Waals surface area (Å²) < 4.78 is 0. The Morgan fingerprint density at radius 2 is 1.73 bits per heavy atom. The molecule has 5 nitrogen and oxygen atoms in total. The number of hydrogen-bond donors (Lipinski definition) is 2. The van der Waals surface area contributed by atoms with Crippen LogP contribution in [0.5, 0.6) is 0 Å². The number of nitro benzene ring substituents is 1. The van der Waals surface area contributed by atoms with Crippen LogP contribution in [0.2, 0.25) is 15.1 Å². The minimum Gasteiger partial charge on any atom is -0.332 e. The summed E-state index contributed by atoms with van der Waals surface area (Å²) in [6.45, 7) is 0. The number of rotatable bonds is 3. The van der Waals surface area contributed by atoms with Gasteiger partial charge in [0.15, 0.2) is 5.11 Å². The van der Waals surface area contributed by atoms with Crippen LogP contribution in [0, 0.1) is 10.1 Å². The standard InChI is InChI=1S/C13H8Cl3N3O2S/c14-9-5-11(16)12(6-10(9)15)18-13(22)17-7-2-1-3-8(4-7)19(20)21/h1-6H,(H2,17,18,22). The SMILES string of the molecule is O=[N+]([O-])c1cccc(NC(=S)Nc2cc(Cl)c(Cl)cc2Cl)c1. The highest BCUT2D eigenvalue weighted by Crippen LogP contribution is 2.32. The van der Waals surface area contributed by atoms with Gasteiger partial charge in [0.25, 0.3) is 5.69 Å². The predicted octanol–water partition coefficient (Wildman–Crippen LogP) is 5.36. The molecule has 0 saturated carbocycles. The summed E-state index contributed by atoms with van der Waals surface area (Å²) in [7, 11) is 0.